The first kappa shape index (κ1) is 14.8. The summed E-state index contributed by atoms with van der Waals surface area (Å²) in [5.74, 6) is 0. The Kier molecular flexibility index (Phi) is 5.64. The van der Waals surface area contributed by atoms with Crippen LogP contribution in [0.2, 0.25) is 10.0 Å². The van der Waals surface area contributed by atoms with Crippen molar-refractivity contribution < 1.29 is 0 Å². The number of benzene rings is 1. The molecule has 0 aliphatic rings. The number of nitrogens with one attached hydrogen (secondary N) is 1. The average Bonchev–Trinajstić information content (AvgIpc) is 2.93. The zero-order chi connectivity index (χ0) is 13.7. The molecule has 0 radical (unpaired) electrons. The average molecular weight is 315 g/mol. The zero-order valence-corrected chi connectivity index (χ0v) is 13.0. The van der Waals surface area contributed by atoms with Crippen LogP contribution in [0.25, 0.3) is 0 Å². The molecule has 0 fully saturated rings. The van der Waals surface area contributed by atoms with Gasteiger partial charge in [-0.3, -0.25) is 4.98 Å². The van der Waals surface area contributed by atoms with Crippen LogP contribution in [0.1, 0.15) is 29.8 Å². The number of aromatic nitrogens is 1. The molecule has 2 rings (SSSR count). The minimum absolute atomic E-state index is 0.239. The summed E-state index contributed by atoms with van der Waals surface area (Å²) >= 11 is 14.0. The predicted molar refractivity (Wildman–Crippen MR) is 83.3 cm³/mol. The Hall–Kier alpha value is -0.610. The highest BCUT2D eigenvalue weighted by molar-refractivity contribution is 7.09. The van der Waals surface area contributed by atoms with Crippen LogP contribution in [0.3, 0.4) is 0 Å². The minimum atomic E-state index is 0.239. The van der Waals surface area contributed by atoms with E-state index in [4.69, 9.17) is 23.2 Å². The summed E-state index contributed by atoms with van der Waals surface area (Å²) in [6.45, 7) is 3.13. The van der Waals surface area contributed by atoms with E-state index in [9.17, 15) is 0 Å². The van der Waals surface area contributed by atoms with Crippen molar-refractivity contribution in [2.24, 2.45) is 0 Å². The van der Waals surface area contributed by atoms with Gasteiger partial charge in [-0.2, -0.15) is 0 Å². The summed E-state index contributed by atoms with van der Waals surface area (Å²) in [6.07, 6.45) is 3.83. The van der Waals surface area contributed by atoms with Gasteiger partial charge in [-0.05, 0) is 31.0 Å². The third kappa shape index (κ3) is 3.93. The second kappa shape index (κ2) is 7.25. The van der Waals surface area contributed by atoms with E-state index >= 15 is 0 Å². The Bertz CT molecular complexity index is 514. The van der Waals surface area contributed by atoms with Gasteiger partial charge in [-0.15, -0.1) is 11.3 Å². The van der Waals surface area contributed by atoms with Crippen molar-refractivity contribution in [3.8, 4) is 0 Å². The maximum atomic E-state index is 6.26. The van der Waals surface area contributed by atoms with E-state index in [1.54, 1.807) is 11.3 Å². The SMILES string of the molecule is CCCNC(Cc1cccc(Cl)c1Cl)c1cncs1. The lowest BCUT2D eigenvalue weighted by molar-refractivity contribution is 0.536. The molecule has 0 bridgehead atoms. The van der Waals surface area contributed by atoms with Crippen LogP contribution >= 0.6 is 34.5 Å². The second-order valence-corrected chi connectivity index (χ2v) is 6.03. The van der Waals surface area contributed by atoms with Crippen LogP contribution in [0, 0.1) is 0 Å². The molecule has 1 aromatic heterocycles. The maximum Gasteiger partial charge on any atom is 0.0794 e. The van der Waals surface area contributed by atoms with Gasteiger partial charge in [0.1, 0.15) is 0 Å². The summed E-state index contributed by atoms with van der Waals surface area (Å²) in [6, 6.07) is 6.01. The molecule has 5 heteroatoms. The molecule has 1 N–H and O–H groups in total. The molecule has 0 saturated heterocycles. The van der Waals surface area contributed by atoms with Crippen LogP contribution in [0.5, 0.6) is 0 Å². The quantitative estimate of drug-likeness (QED) is 0.833. The monoisotopic (exact) mass is 314 g/mol. The van der Waals surface area contributed by atoms with Gasteiger partial charge in [0.25, 0.3) is 0 Å². The van der Waals surface area contributed by atoms with Crippen molar-refractivity contribution in [3.63, 3.8) is 0 Å². The lowest BCUT2D eigenvalue weighted by Gasteiger charge is -2.17. The van der Waals surface area contributed by atoms with Gasteiger partial charge >= 0.3 is 0 Å². The Morgan fingerprint density at radius 2 is 2.21 bits per heavy atom. The zero-order valence-electron chi connectivity index (χ0n) is 10.7. The molecule has 0 spiro atoms. The number of nitrogens with zero attached hydrogens (tertiary/aromatic N) is 1. The normalized spacial score (nSPS) is 12.6. The molecule has 0 aliphatic carbocycles. The van der Waals surface area contributed by atoms with Crippen molar-refractivity contribution in [1.82, 2.24) is 10.3 Å². The van der Waals surface area contributed by atoms with Crippen molar-refractivity contribution in [1.29, 1.82) is 0 Å². The van der Waals surface area contributed by atoms with Crippen molar-refractivity contribution in [2.75, 3.05) is 6.54 Å². The molecule has 1 atom stereocenters. The fourth-order valence-electron chi connectivity index (χ4n) is 1.92. The number of thiazole rings is 1. The van der Waals surface area contributed by atoms with Crippen molar-refractivity contribution in [3.05, 3.63) is 50.4 Å². The Balaban J connectivity index is 2.18. The van der Waals surface area contributed by atoms with E-state index in [2.05, 4.69) is 17.2 Å². The highest BCUT2D eigenvalue weighted by atomic mass is 35.5. The molecule has 2 aromatic rings. The van der Waals surface area contributed by atoms with Gasteiger partial charge < -0.3 is 5.32 Å². The second-order valence-electron chi connectivity index (χ2n) is 4.33. The number of halogens is 2. The van der Waals surface area contributed by atoms with Crippen LogP contribution in [0.15, 0.2) is 29.9 Å². The summed E-state index contributed by atoms with van der Waals surface area (Å²) < 4.78 is 0. The van der Waals surface area contributed by atoms with Crippen LogP contribution in [-0.4, -0.2) is 11.5 Å². The number of rotatable bonds is 6. The lowest BCUT2D eigenvalue weighted by atomic mass is 10.0. The highest BCUT2D eigenvalue weighted by Crippen LogP contribution is 2.30. The lowest BCUT2D eigenvalue weighted by Crippen LogP contribution is -2.23. The van der Waals surface area contributed by atoms with E-state index in [-0.39, 0.29) is 6.04 Å². The molecular formula is C14H16Cl2N2S. The fourth-order valence-corrected chi connectivity index (χ4v) is 3.01. The fraction of sp³-hybridized carbons (Fsp3) is 0.357. The molecule has 19 heavy (non-hydrogen) atoms. The Morgan fingerprint density at radius 3 is 2.89 bits per heavy atom. The number of hydrogen-bond donors (Lipinski definition) is 1. The first-order valence-corrected chi connectivity index (χ1v) is 7.90. The minimum Gasteiger partial charge on any atom is -0.309 e. The molecule has 0 saturated carbocycles. The topological polar surface area (TPSA) is 24.9 Å². The number of hydrogen-bond acceptors (Lipinski definition) is 3. The third-order valence-corrected chi connectivity index (χ3v) is 4.64. The van der Waals surface area contributed by atoms with E-state index in [0.717, 1.165) is 24.9 Å². The van der Waals surface area contributed by atoms with E-state index < -0.39 is 0 Å². The largest absolute Gasteiger partial charge is 0.309 e. The molecule has 0 aliphatic heterocycles. The summed E-state index contributed by atoms with van der Waals surface area (Å²) in [7, 11) is 0. The molecule has 1 aromatic carbocycles. The van der Waals surface area contributed by atoms with Gasteiger partial charge in [0.15, 0.2) is 0 Å². The first-order valence-electron chi connectivity index (χ1n) is 6.27. The van der Waals surface area contributed by atoms with Crippen molar-refractivity contribution >= 4 is 34.5 Å². The highest BCUT2D eigenvalue weighted by Gasteiger charge is 2.15. The van der Waals surface area contributed by atoms with Gasteiger partial charge in [0.05, 0.1) is 15.6 Å². The molecule has 1 unspecified atom stereocenters. The van der Waals surface area contributed by atoms with Gasteiger partial charge in [-0.1, -0.05) is 42.3 Å². The Labute approximate surface area is 127 Å². The third-order valence-electron chi connectivity index (χ3n) is 2.89. The molecule has 2 nitrogen and oxygen atoms in total. The van der Waals surface area contributed by atoms with E-state index in [1.165, 1.54) is 4.88 Å². The molecule has 1 heterocycles. The van der Waals surface area contributed by atoms with Crippen LogP contribution in [-0.2, 0) is 6.42 Å². The van der Waals surface area contributed by atoms with Gasteiger partial charge in [-0.25, -0.2) is 0 Å². The smallest absolute Gasteiger partial charge is 0.0794 e. The van der Waals surface area contributed by atoms with E-state index in [0.29, 0.717) is 10.0 Å². The summed E-state index contributed by atoms with van der Waals surface area (Å²) in [5.41, 5.74) is 2.92. The Morgan fingerprint density at radius 1 is 1.37 bits per heavy atom. The molecule has 0 amide bonds. The first-order chi connectivity index (χ1) is 9.22. The standard InChI is InChI=1S/C14H16Cl2N2S/c1-2-6-18-12(13-8-17-9-19-13)7-10-4-3-5-11(15)14(10)16/h3-5,8-9,12,18H,2,6-7H2,1H3. The van der Waals surface area contributed by atoms with Gasteiger partial charge in [0, 0.05) is 17.1 Å². The maximum absolute atomic E-state index is 6.26. The summed E-state index contributed by atoms with van der Waals surface area (Å²) in [4.78, 5) is 5.38. The van der Waals surface area contributed by atoms with Crippen LogP contribution in [0.4, 0.5) is 0 Å². The van der Waals surface area contributed by atoms with E-state index in [1.807, 2.05) is 29.9 Å². The van der Waals surface area contributed by atoms with Crippen molar-refractivity contribution in [2.45, 2.75) is 25.8 Å². The van der Waals surface area contributed by atoms with Gasteiger partial charge in [0.2, 0.25) is 0 Å². The molecular weight excluding hydrogens is 299 g/mol. The summed E-state index contributed by atoms with van der Waals surface area (Å²) in [5, 5.41) is 4.79. The predicted octanol–water partition coefficient (Wildman–Crippen LogP) is 4.73. The molecule has 102 valence electrons. The van der Waals surface area contributed by atoms with Crippen LogP contribution < -0.4 is 5.32 Å².